The summed E-state index contributed by atoms with van der Waals surface area (Å²) in [4.78, 5) is 53.7. The summed E-state index contributed by atoms with van der Waals surface area (Å²) in [6.45, 7) is 19.7. The fraction of sp³-hybridized carbons (Fsp3) is 0.873. The molecule has 8 fully saturated rings. The Balaban J connectivity index is 1.05. The number of esters is 3. The zero-order valence-corrected chi connectivity index (χ0v) is 53.8. The van der Waals surface area contributed by atoms with Gasteiger partial charge in [-0.2, -0.15) is 0 Å². The number of hydrogen-bond donors (Lipinski definition) is 13. The number of aliphatic carboxylic acids is 1. The van der Waals surface area contributed by atoms with E-state index in [0.29, 0.717) is 44.1 Å². The molecular weight excluding hydrogens is 1200 g/mol. The van der Waals surface area contributed by atoms with Gasteiger partial charge in [-0.3, -0.25) is 9.59 Å². The van der Waals surface area contributed by atoms with Gasteiger partial charge >= 0.3 is 23.9 Å². The molecule has 0 aromatic rings. The van der Waals surface area contributed by atoms with Crippen LogP contribution in [0.15, 0.2) is 23.3 Å². The Labute approximate surface area is 528 Å². The van der Waals surface area contributed by atoms with Gasteiger partial charge < -0.3 is 118 Å². The number of ether oxygens (including phenoxy) is 11. The Morgan fingerprint density at radius 3 is 1.75 bits per heavy atom. The lowest BCUT2D eigenvalue weighted by molar-refractivity contribution is -0.401. The Bertz CT molecular complexity index is 2700. The SMILES string of the molecule is C/C=C(/C)C(=O)O[C@H]1CC(C)(C)C[C@H]2C3=CCC4[C@@]5(C)CC[C@H](O[C@@H]6O[C@H](C(=O)O)[C@@H](O[C@@H]7O[C@H](CO)[C@H](O)[C@H](O)[C@H]7O[C@@H]7O[C@H](CO)[C@@H](O)[C@H](O)[C@H]7O)[C@H](O)[C@H]6O[C@@H]6O[C@@H](C)[C@H](O)[C@@H](O)[C@H]6O)C(C)(C)C5CC[C@@]4(C)[C@]3(C)[C@@H](OC(C)=O)[C@@H](O)[C@@]12COC(C)=O. The maximum atomic E-state index is 13.8. The van der Waals surface area contributed by atoms with Crippen molar-refractivity contribution >= 4 is 23.9 Å². The van der Waals surface area contributed by atoms with Crippen LogP contribution >= 0.6 is 0 Å². The molecule has 31 atom stereocenters. The van der Waals surface area contributed by atoms with E-state index >= 15 is 0 Å². The summed E-state index contributed by atoms with van der Waals surface area (Å²) >= 11 is 0. The number of carboxylic acids is 1. The Kier molecular flexibility index (Phi) is 20.9. The molecule has 4 saturated carbocycles. The molecule has 0 bridgehead atoms. The van der Waals surface area contributed by atoms with Crippen LogP contribution in [-0.2, 0) is 71.3 Å². The van der Waals surface area contributed by atoms with Crippen LogP contribution in [0, 0.1) is 50.2 Å². The number of aliphatic hydroxyl groups excluding tert-OH is 12. The maximum Gasteiger partial charge on any atom is 0.335 e. The van der Waals surface area contributed by atoms with E-state index in [1.54, 1.807) is 19.9 Å². The summed E-state index contributed by atoms with van der Waals surface area (Å²) in [5.74, 6) is -4.52. The van der Waals surface area contributed by atoms with E-state index in [2.05, 4.69) is 33.8 Å². The smallest absolute Gasteiger partial charge is 0.335 e. The molecule has 4 heterocycles. The van der Waals surface area contributed by atoms with E-state index in [-0.39, 0.29) is 24.9 Å². The van der Waals surface area contributed by atoms with E-state index in [9.17, 15) is 85.6 Å². The van der Waals surface area contributed by atoms with Crippen molar-refractivity contribution in [2.24, 2.45) is 50.2 Å². The first-order chi connectivity index (χ1) is 42.4. The number of rotatable bonds is 16. The van der Waals surface area contributed by atoms with Crippen molar-refractivity contribution in [2.75, 3.05) is 19.8 Å². The summed E-state index contributed by atoms with van der Waals surface area (Å²) in [6.07, 6.45) is -35.8. The molecule has 9 rings (SSSR count). The highest BCUT2D eigenvalue weighted by atomic mass is 16.8. The van der Waals surface area contributed by atoms with Crippen LogP contribution in [0.2, 0.25) is 0 Å². The zero-order valence-electron chi connectivity index (χ0n) is 53.8. The van der Waals surface area contributed by atoms with E-state index < -0.39 is 223 Å². The highest BCUT2D eigenvalue weighted by molar-refractivity contribution is 5.87. The second-order valence-corrected chi connectivity index (χ2v) is 29.1. The summed E-state index contributed by atoms with van der Waals surface area (Å²) in [5.41, 5.74) is -3.86. The predicted molar refractivity (Wildman–Crippen MR) is 308 cm³/mol. The van der Waals surface area contributed by atoms with Gasteiger partial charge in [0.2, 0.25) is 0 Å². The molecule has 9 aliphatic rings. The lowest BCUT2D eigenvalue weighted by atomic mass is 9.32. The number of fused-ring (bicyclic) bond motifs is 7. The molecule has 0 aromatic heterocycles. The fourth-order valence-corrected chi connectivity index (χ4v) is 17.9. The molecule has 4 aliphatic heterocycles. The Morgan fingerprint density at radius 2 is 1.16 bits per heavy atom. The van der Waals surface area contributed by atoms with Crippen molar-refractivity contribution in [3.63, 3.8) is 0 Å². The molecular formula is C63H98O28. The van der Waals surface area contributed by atoms with Crippen LogP contribution in [0.4, 0.5) is 0 Å². The quantitative estimate of drug-likeness (QED) is 0.0294. The van der Waals surface area contributed by atoms with Crippen molar-refractivity contribution < 1.29 is 138 Å². The third kappa shape index (κ3) is 12.3. The summed E-state index contributed by atoms with van der Waals surface area (Å²) in [7, 11) is 0. The average Bonchev–Trinajstić information content (AvgIpc) is 0.664. The van der Waals surface area contributed by atoms with Crippen molar-refractivity contribution in [1.82, 2.24) is 0 Å². The van der Waals surface area contributed by atoms with E-state index in [0.717, 1.165) is 5.57 Å². The first kappa shape index (κ1) is 71.8. The third-order valence-corrected chi connectivity index (χ3v) is 23.1. The van der Waals surface area contributed by atoms with Crippen LogP contribution in [0.5, 0.6) is 0 Å². The predicted octanol–water partition coefficient (Wildman–Crippen LogP) is -0.871. The first-order valence-corrected chi connectivity index (χ1v) is 31.8. The van der Waals surface area contributed by atoms with Gasteiger partial charge in [0.25, 0.3) is 0 Å². The molecule has 91 heavy (non-hydrogen) atoms. The minimum absolute atomic E-state index is 0.172. The standard InChI is InChI=1S/C63H98O28/c1-13-25(2)53(80)86-36-21-58(6,7)20-30-29-14-15-34-60(10)18-17-35(59(8,9)33(60)16-19-61(34,11)62(29,12)51(83-28(5)67)50(77)63(30,36)24-81-27(4)66)87-57-48(90-54-43(74)40(71)37(68)26(3)82-54)45(76)46(49(91-57)52(78)79)88-56-47(42(73)39(70)32(23-65)85-56)89-55-44(75)41(72)38(69)31(22-64)84-55/h13-14,26,30-51,54-57,64-65,68-77H,15-24H2,1-12H3,(H,78,79)/b25-13-/t26-,30-,31+,32+,33?,34?,35-,36-,37-,38+,39-,40+,41-,42-,43+,44+,45-,46-,47+,48+,49-,50+,51-,54-,55-,56-,57+,60-,61+,62-,63+/m0/s1. The number of hydrogen-bond acceptors (Lipinski definition) is 27. The van der Waals surface area contributed by atoms with E-state index in [1.807, 2.05) is 20.8 Å². The third-order valence-electron chi connectivity index (χ3n) is 23.1. The van der Waals surface area contributed by atoms with E-state index in [1.165, 1.54) is 20.8 Å². The lowest BCUT2D eigenvalue weighted by Gasteiger charge is -2.73. The van der Waals surface area contributed by atoms with Crippen LogP contribution in [0.1, 0.15) is 128 Å². The maximum absolute atomic E-state index is 13.8. The fourth-order valence-electron chi connectivity index (χ4n) is 17.9. The number of carboxylic acid groups (broad SMARTS) is 1. The molecule has 2 unspecified atom stereocenters. The van der Waals surface area contributed by atoms with Crippen LogP contribution in [0.3, 0.4) is 0 Å². The largest absolute Gasteiger partial charge is 0.479 e. The second kappa shape index (κ2) is 26.5. The minimum atomic E-state index is -2.23. The number of allylic oxidation sites excluding steroid dienone is 2. The minimum Gasteiger partial charge on any atom is -0.479 e. The second-order valence-electron chi connectivity index (χ2n) is 29.1. The Hall–Kier alpha value is -3.44. The summed E-state index contributed by atoms with van der Waals surface area (Å²) < 4.78 is 67.4. The first-order valence-electron chi connectivity index (χ1n) is 31.8. The molecule has 28 heteroatoms. The monoisotopic (exact) mass is 1300 g/mol. The van der Waals surface area contributed by atoms with E-state index in [4.69, 9.17) is 52.1 Å². The van der Waals surface area contributed by atoms with Crippen molar-refractivity contribution in [1.29, 1.82) is 0 Å². The molecule has 0 spiro atoms. The van der Waals surface area contributed by atoms with Gasteiger partial charge in [0.05, 0.1) is 30.8 Å². The van der Waals surface area contributed by atoms with Gasteiger partial charge in [-0.05, 0) is 105 Å². The van der Waals surface area contributed by atoms with Gasteiger partial charge in [-0.15, -0.1) is 0 Å². The molecule has 0 radical (unpaired) electrons. The van der Waals surface area contributed by atoms with Gasteiger partial charge in [-0.25, -0.2) is 9.59 Å². The molecule has 0 amide bonds. The molecule has 5 aliphatic carbocycles. The van der Waals surface area contributed by atoms with Gasteiger partial charge in [0.15, 0.2) is 31.3 Å². The zero-order chi connectivity index (χ0) is 67.3. The topological polar surface area (TPSA) is 433 Å². The normalized spacial score (nSPS) is 49.5. The Morgan fingerprint density at radius 1 is 0.604 bits per heavy atom. The highest BCUT2D eigenvalue weighted by Crippen LogP contribution is 2.76. The van der Waals surface area contributed by atoms with Crippen molar-refractivity contribution in [3.05, 3.63) is 23.3 Å². The summed E-state index contributed by atoms with van der Waals surface area (Å²) in [5, 5.41) is 144. The van der Waals surface area contributed by atoms with Crippen LogP contribution in [0.25, 0.3) is 0 Å². The number of carbonyl (C=O) groups excluding carboxylic acids is 3. The molecule has 518 valence electrons. The van der Waals surface area contributed by atoms with Crippen LogP contribution < -0.4 is 0 Å². The van der Waals surface area contributed by atoms with Gasteiger partial charge in [0.1, 0.15) is 110 Å². The number of carbonyl (C=O) groups is 4. The average molecular weight is 1300 g/mol. The van der Waals surface area contributed by atoms with Crippen molar-refractivity contribution in [2.45, 2.75) is 275 Å². The summed E-state index contributed by atoms with van der Waals surface area (Å²) in [6, 6.07) is 0. The van der Waals surface area contributed by atoms with Crippen molar-refractivity contribution in [3.8, 4) is 0 Å². The van der Waals surface area contributed by atoms with Crippen LogP contribution in [-0.4, -0.2) is 257 Å². The molecule has 4 saturated heterocycles. The molecule has 0 aromatic carbocycles. The molecule has 28 nitrogen and oxygen atoms in total. The molecule has 13 N–H and O–H groups in total. The van der Waals surface area contributed by atoms with Gasteiger partial charge in [0, 0.05) is 24.8 Å². The lowest BCUT2D eigenvalue weighted by Crippen LogP contribution is -2.75. The number of aliphatic hydroxyl groups is 12. The van der Waals surface area contributed by atoms with Gasteiger partial charge in [-0.1, -0.05) is 66.2 Å². The highest BCUT2D eigenvalue weighted by Gasteiger charge is 2.76.